The van der Waals surface area contributed by atoms with Crippen LogP contribution in [0.4, 0.5) is 5.69 Å². The summed E-state index contributed by atoms with van der Waals surface area (Å²) in [6, 6.07) is 5.87. The third-order valence-corrected chi connectivity index (χ3v) is 4.41. The SMILES string of the molecule is CCn1c(C(C)C)nc2cc(NC(=O)Cc3c(C)noc3C)ccc21. The van der Waals surface area contributed by atoms with Gasteiger partial charge in [-0.15, -0.1) is 0 Å². The van der Waals surface area contributed by atoms with E-state index in [1.165, 1.54) is 0 Å². The summed E-state index contributed by atoms with van der Waals surface area (Å²) in [6.45, 7) is 10.9. The first kappa shape index (κ1) is 17.2. The van der Waals surface area contributed by atoms with E-state index in [9.17, 15) is 4.79 Å². The van der Waals surface area contributed by atoms with Gasteiger partial charge in [-0.05, 0) is 39.0 Å². The van der Waals surface area contributed by atoms with Gasteiger partial charge in [0.05, 0.1) is 23.1 Å². The van der Waals surface area contributed by atoms with Crippen molar-refractivity contribution >= 4 is 22.6 Å². The van der Waals surface area contributed by atoms with Gasteiger partial charge in [0.2, 0.25) is 5.91 Å². The monoisotopic (exact) mass is 340 g/mol. The molecule has 0 spiro atoms. The van der Waals surface area contributed by atoms with E-state index >= 15 is 0 Å². The molecule has 3 rings (SSSR count). The molecular weight excluding hydrogens is 316 g/mol. The van der Waals surface area contributed by atoms with Crippen molar-refractivity contribution < 1.29 is 9.32 Å². The number of imidazole rings is 1. The van der Waals surface area contributed by atoms with Crippen LogP contribution in [-0.2, 0) is 17.8 Å². The molecule has 0 unspecified atom stereocenters. The maximum atomic E-state index is 12.4. The molecule has 0 aliphatic rings. The zero-order chi connectivity index (χ0) is 18.1. The fraction of sp³-hybridized carbons (Fsp3) is 0.421. The van der Waals surface area contributed by atoms with Gasteiger partial charge in [0.25, 0.3) is 0 Å². The van der Waals surface area contributed by atoms with Gasteiger partial charge in [-0.2, -0.15) is 0 Å². The summed E-state index contributed by atoms with van der Waals surface area (Å²) in [5.41, 5.74) is 4.35. The van der Waals surface area contributed by atoms with E-state index in [1.54, 1.807) is 0 Å². The fourth-order valence-corrected chi connectivity index (χ4v) is 3.12. The Morgan fingerprint density at radius 3 is 2.68 bits per heavy atom. The van der Waals surface area contributed by atoms with Gasteiger partial charge in [-0.25, -0.2) is 4.98 Å². The van der Waals surface area contributed by atoms with E-state index in [-0.39, 0.29) is 12.3 Å². The van der Waals surface area contributed by atoms with Crippen LogP contribution in [0.15, 0.2) is 22.7 Å². The number of nitrogens with zero attached hydrogens (tertiary/aromatic N) is 3. The summed E-state index contributed by atoms with van der Waals surface area (Å²) in [5.74, 6) is 2.01. The third-order valence-electron chi connectivity index (χ3n) is 4.41. The van der Waals surface area contributed by atoms with Gasteiger partial charge in [-0.1, -0.05) is 19.0 Å². The number of carbonyl (C=O) groups is 1. The second kappa shape index (κ2) is 6.70. The number of fused-ring (bicyclic) bond motifs is 1. The molecule has 0 saturated heterocycles. The highest BCUT2D eigenvalue weighted by atomic mass is 16.5. The zero-order valence-electron chi connectivity index (χ0n) is 15.4. The third kappa shape index (κ3) is 3.29. The predicted molar refractivity (Wildman–Crippen MR) is 97.8 cm³/mol. The van der Waals surface area contributed by atoms with Crippen LogP contribution in [0.25, 0.3) is 11.0 Å². The number of carbonyl (C=O) groups excluding carboxylic acids is 1. The van der Waals surface area contributed by atoms with Crippen LogP contribution >= 0.6 is 0 Å². The molecule has 0 bridgehead atoms. The highest BCUT2D eigenvalue weighted by Gasteiger charge is 2.15. The first-order chi connectivity index (χ1) is 11.9. The van der Waals surface area contributed by atoms with Crippen molar-refractivity contribution in [3.8, 4) is 0 Å². The topological polar surface area (TPSA) is 73.0 Å². The quantitative estimate of drug-likeness (QED) is 0.763. The Kier molecular flexibility index (Phi) is 4.61. The Balaban J connectivity index is 1.83. The van der Waals surface area contributed by atoms with Gasteiger partial charge in [0.1, 0.15) is 11.6 Å². The summed E-state index contributed by atoms with van der Waals surface area (Å²) in [5, 5.41) is 6.83. The van der Waals surface area contributed by atoms with Crippen molar-refractivity contribution in [3.63, 3.8) is 0 Å². The van der Waals surface area contributed by atoms with Crippen molar-refractivity contribution in [1.29, 1.82) is 0 Å². The minimum Gasteiger partial charge on any atom is -0.361 e. The minimum absolute atomic E-state index is 0.0900. The van der Waals surface area contributed by atoms with Crippen molar-refractivity contribution in [3.05, 3.63) is 41.0 Å². The molecule has 1 N–H and O–H groups in total. The number of hydrogen-bond acceptors (Lipinski definition) is 4. The molecule has 2 aromatic heterocycles. The van der Waals surface area contributed by atoms with E-state index in [0.29, 0.717) is 11.7 Å². The lowest BCUT2D eigenvalue weighted by atomic mass is 10.1. The van der Waals surface area contributed by atoms with Crippen LogP contribution < -0.4 is 5.32 Å². The van der Waals surface area contributed by atoms with E-state index in [0.717, 1.165) is 40.3 Å². The average Bonchev–Trinajstić information content (AvgIpc) is 3.09. The highest BCUT2D eigenvalue weighted by Crippen LogP contribution is 2.24. The number of rotatable bonds is 5. The molecule has 0 radical (unpaired) electrons. The van der Waals surface area contributed by atoms with Crippen LogP contribution in [0.2, 0.25) is 0 Å². The Morgan fingerprint density at radius 1 is 1.32 bits per heavy atom. The number of aryl methyl sites for hydroxylation is 3. The zero-order valence-corrected chi connectivity index (χ0v) is 15.4. The second-order valence-corrected chi connectivity index (χ2v) is 6.60. The molecule has 0 aliphatic heterocycles. The molecule has 25 heavy (non-hydrogen) atoms. The van der Waals surface area contributed by atoms with Gasteiger partial charge in [0.15, 0.2) is 0 Å². The van der Waals surface area contributed by atoms with Gasteiger partial charge in [-0.3, -0.25) is 4.79 Å². The standard InChI is InChI=1S/C19H24N4O2/c1-6-23-17-8-7-14(9-16(17)21-19(23)11(2)3)20-18(24)10-15-12(4)22-25-13(15)5/h7-9,11H,6,10H2,1-5H3,(H,20,24). The summed E-state index contributed by atoms with van der Waals surface area (Å²) in [4.78, 5) is 17.1. The van der Waals surface area contributed by atoms with E-state index in [1.807, 2.05) is 32.0 Å². The summed E-state index contributed by atoms with van der Waals surface area (Å²) < 4.78 is 7.33. The number of aromatic nitrogens is 3. The van der Waals surface area contributed by atoms with Crippen LogP contribution in [0, 0.1) is 13.8 Å². The lowest BCUT2D eigenvalue weighted by Crippen LogP contribution is -2.15. The van der Waals surface area contributed by atoms with Crippen LogP contribution in [0.3, 0.4) is 0 Å². The smallest absolute Gasteiger partial charge is 0.229 e. The lowest BCUT2D eigenvalue weighted by Gasteiger charge is -2.08. The average molecular weight is 340 g/mol. The number of anilines is 1. The molecule has 2 heterocycles. The molecule has 1 amide bonds. The number of hydrogen-bond donors (Lipinski definition) is 1. The van der Waals surface area contributed by atoms with E-state index in [2.05, 4.69) is 35.8 Å². The van der Waals surface area contributed by atoms with Crippen LogP contribution in [0.1, 0.15) is 49.5 Å². The maximum absolute atomic E-state index is 12.4. The lowest BCUT2D eigenvalue weighted by molar-refractivity contribution is -0.115. The molecule has 3 aromatic rings. The highest BCUT2D eigenvalue weighted by molar-refractivity contribution is 5.94. The Bertz CT molecular complexity index is 902. The summed E-state index contributed by atoms with van der Waals surface area (Å²) in [6.07, 6.45) is 0.250. The van der Waals surface area contributed by atoms with Gasteiger partial charge in [0, 0.05) is 23.7 Å². The predicted octanol–water partition coefficient (Wildman–Crippen LogP) is 3.97. The summed E-state index contributed by atoms with van der Waals surface area (Å²) >= 11 is 0. The molecule has 6 nitrogen and oxygen atoms in total. The number of nitrogens with one attached hydrogen (secondary N) is 1. The van der Waals surface area contributed by atoms with Crippen molar-refractivity contribution in [2.75, 3.05) is 5.32 Å². The van der Waals surface area contributed by atoms with Crippen LogP contribution in [0.5, 0.6) is 0 Å². The fourth-order valence-electron chi connectivity index (χ4n) is 3.12. The Morgan fingerprint density at radius 2 is 2.08 bits per heavy atom. The minimum atomic E-state index is -0.0900. The molecule has 6 heteroatoms. The van der Waals surface area contributed by atoms with E-state index in [4.69, 9.17) is 9.51 Å². The first-order valence-corrected chi connectivity index (χ1v) is 8.62. The molecule has 0 atom stereocenters. The van der Waals surface area contributed by atoms with Crippen LogP contribution in [-0.4, -0.2) is 20.6 Å². The molecule has 0 saturated carbocycles. The second-order valence-electron chi connectivity index (χ2n) is 6.60. The molecule has 0 aliphatic carbocycles. The molecule has 0 fully saturated rings. The Hall–Kier alpha value is -2.63. The maximum Gasteiger partial charge on any atom is 0.229 e. The largest absolute Gasteiger partial charge is 0.361 e. The molecular formula is C19H24N4O2. The molecule has 132 valence electrons. The number of benzene rings is 1. The summed E-state index contributed by atoms with van der Waals surface area (Å²) in [7, 11) is 0. The Labute approximate surface area is 147 Å². The van der Waals surface area contributed by atoms with E-state index < -0.39 is 0 Å². The van der Waals surface area contributed by atoms with Gasteiger partial charge < -0.3 is 14.4 Å². The van der Waals surface area contributed by atoms with Crippen molar-refractivity contribution in [1.82, 2.24) is 14.7 Å². The van der Waals surface area contributed by atoms with Crippen molar-refractivity contribution in [2.45, 2.75) is 53.5 Å². The molecule has 1 aromatic carbocycles. The normalized spacial score (nSPS) is 11.4. The van der Waals surface area contributed by atoms with Crippen molar-refractivity contribution in [2.24, 2.45) is 0 Å². The number of amides is 1. The van der Waals surface area contributed by atoms with Gasteiger partial charge >= 0.3 is 0 Å². The first-order valence-electron chi connectivity index (χ1n) is 8.62.